The molecule has 3 heterocycles. The van der Waals surface area contributed by atoms with Gasteiger partial charge in [-0.15, -0.1) is 0 Å². The summed E-state index contributed by atoms with van der Waals surface area (Å²) in [6.45, 7) is 3.72. The summed E-state index contributed by atoms with van der Waals surface area (Å²) >= 11 is 0. The van der Waals surface area contributed by atoms with Gasteiger partial charge in [0.1, 0.15) is 11.6 Å². The number of carbonyl (C=O) groups excluding carboxylic acids is 1. The highest BCUT2D eigenvalue weighted by molar-refractivity contribution is 5.80. The Kier molecular flexibility index (Phi) is 6.82. The maximum Gasteiger partial charge on any atom is 0.314 e. The van der Waals surface area contributed by atoms with Crippen molar-refractivity contribution in [3.63, 3.8) is 0 Å². The number of carbonyl (C=O) groups is 1. The van der Waals surface area contributed by atoms with Crippen molar-refractivity contribution in [1.29, 1.82) is 0 Å². The Bertz CT molecular complexity index is 938. The molecule has 1 aromatic carbocycles. The van der Waals surface area contributed by atoms with Crippen LogP contribution in [0.1, 0.15) is 31.1 Å². The zero-order chi connectivity index (χ0) is 20.6. The standard InChI is InChI=1S/C23H29N5O2/c29-23(25-13-12-24-22-11-10-18-7-2-3-8-19(18)27-22)26-17-20(21-9-6-16-30-21)28-14-4-1-5-15-28/h2-3,6-11,16,20H,1,4-5,12-15,17H2,(H,24,27)(H2,25,26,29). The molecule has 4 rings (SSSR count). The Morgan fingerprint density at radius 1 is 1.00 bits per heavy atom. The smallest absolute Gasteiger partial charge is 0.314 e. The molecule has 1 aliphatic heterocycles. The molecule has 1 atom stereocenters. The molecule has 1 fully saturated rings. The average molecular weight is 408 g/mol. The topological polar surface area (TPSA) is 82.4 Å². The maximum atomic E-state index is 12.3. The number of urea groups is 1. The fourth-order valence-electron chi connectivity index (χ4n) is 3.90. The number of aromatic nitrogens is 1. The second-order valence-electron chi connectivity index (χ2n) is 7.58. The van der Waals surface area contributed by atoms with Crippen molar-refractivity contribution in [3.8, 4) is 0 Å². The minimum Gasteiger partial charge on any atom is -0.468 e. The Labute approximate surface area is 176 Å². The summed E-state index contributed by atoms with van der Waals surface area (Å²) in [5.74, 6) is 1.71. The van der Waals surface area contributed by atoms with Crippen molar-refractivity contribution in [3.05, 3.63) is 60.6 Å². The van der Waals surface area contributed by atoms with E-state index in [0.29, 0.717) is 19.6 Å². The number of para-hydroxylation sites is 1. The third kappa shape index (κ3) is 5.30. The van der Waals surface area contributed by atoms with Gasteiger partial charge in [-0.2, -0.15) is 0 Å². The van der Waals surface area contributed by atoms with Gasteiger partial charge in [0.2, 0.25) is 0 Å². The number of pyridine rings is 1. The third-order valence-electron chi connectivity index (χ3n) is 5.47. The fourth-order valence-corrected chi connectivity index (χ4v) is 3.90. The lowest BCUT2D eigenvalue weighted by Crippen LogP contribution is -2.44. The number of nitrogens with zero attached hydrogens (tertiary/aromatic N) is 2. The molecule has 158 valence electrons. The SMILES string of the molecule is O=C(NCCNc1ccc2ccccc2n1)NCC(c1ccco1)N1CCCCC1. The van der Waals surface area contributed by atoms with Gasteiger partial charge in [0.25, 0.3) is 0 Å². The number of anilines is 1. The van der Waals surface area contributed by atoms with Gasteiger partial charge in [-0.1, -0.05) is 24.6 Å². The number of nitrogens with one attached hydrogen (secondary N) is 3. The second kappa shape index (κ2) is 10.1. The molecule has 3 aromatic rings. The van der Waals surface area contributed by atoms with Crippen LogP contribution in [0.2, 0.25) is 0 Å². The van der Waals surface area contributed by atoms with E-state index in [1.165, 1.54) is 19.3 Å². The number of hydrogen-bond donors (Lipinski definition) is 3. The molecule has 1 unspecified atom stereocenters. The number of likely N-dealkylation sites (tertiary alicyclic amines) is 1. The third-order valence-corrected chi connectivity index (χ3v) is 5.47. The summed E-state index contributed by atoms with van der Waals surface area (Å²) in [7, 11) is 0. The Morgan fingerprint density at radius 2 is 1.87 bits per heavy atom. The molecule has 1 aliphatic rings. The van der Waals surface area contributed by atoms with Crippen LogP contribution >= 0.6 is 0 Å². The monoisotopic (exact) mass is 407 g/mol. The summed E-state index contributed by atoms with van der Waals surface area (Å²) in [6.07, 6.45) is 5.35. The lowest BCUT2D eigenvalue weighted by atomic mass is 10.1. The molecule has 1 saturated heterocycles. The van der Waals surface area contributed by atoms with Crippen LogP contribution in [0.4, 0.5) is 10.6 Å². The first-order chi connectivity index (χ1) is 14.8. The van der Waals surface area contributed by atoms with Crippen LogP contribution in [-0.2, 0) is 0 Å². The van der Waals surface area contributed by atoms with E-state index in [1.807, 2.05) is 48.5 Å². The first-order valence-electron chi connectivity index (χ1n) is 10.7. The van der Waals surface area contributed by atoms with E-state index in [4.69, 9.17) is 4.42 Å². The van der Waals surface area contributed by atoms with Crippen LogP contribution in [0.5, 0.6) is 0 Å². The lowest BCUT2D eigenvalue weighted by Gasteiger charge is -2.33. The molecule has 7 heteroatoms. The van der Waals surface area contributed by atoms with Gasteiger partial charge in [0.15, 0.2) is 0 Å². The first-order valence-corrected chi connectivity index (χ1v) is 10.7. The number of hydrogen-bond acceptors (Lipinski definition) is 5. The highest BCUT2D eigenvalue weighted by atomic mass is 16.3. The minimum atomic E-state index is -0.170. The molecule has 0 radical (unpaired) electrons. The molecule has 0 aliphatic carbocycles. The van der Waals surface area contributed by atoms with E-state index < -0.39 is 0 Å². The predicted molar refractivity (Wildman–Crippen MR) is 119 cm³/mol. The van der Waals surface area contributed by atoms with Gasteiger partial charge >= 0.3 is 6.03 Å². The number of fused-ring (bicyclic) bond motifs is 1. The van der Waals surface area contributed by atoms with Crippen LogP contribution in [0.25, 0.3) is 10.9 Å². The number of furan rings is 1. The Hall–Kier alpha value is -3.06. The van der Waals surface area contributed by atoms with Crippen molar-refractivity contribution in [2.45, 2.75) is 25.3 Å². The van der Waals surface area contributed by atoms with Crippen molar-refractivity contribution in [1.82, 2.24) is 20.5 Å². The lowest BCUT2D eigenvalue weighted by molar-refractivity contribution is 0.143. The van der Waals surface area contributed by atoms with Gasteiger partial charge in [0.05, 0.1) is 17.8 Å². The van der Waals surface area contributed by atoms with Crippen LogP contribution in [0.15, 0.2) is 59.2 Å². The van der Waals surface area contributed by atoms with Crippen LogP contribution in [-0.4, -0.2) is 48.6 Å². The predicted octanol–water partition coefficient (Wildman–Crippen LogP) is 3.77. The van der Waals surface area contributed by atoms with Gasteiger partial charge in [0, 0.05) is 25.0 Å². The van der Waals surface area contributed by atoms with Crippen molar-refractivity contribution in [2.24, 2.45) is 0 Å². The van der Waals surface area contributed by atoms with E-state index in [1.54, 1.807) is 6.26 Å². The van der Waals surface area contributed by atoms with Gasteiger partial charge in [-0.3, -0.25) is 4.90 Å². The average Bonchev–Trinajstić information content (AvgIpc) is 3.32. The quantitative estimate of drug-likeness (QED) is 0.495. The molecule has 0 saturated carbocycles. The number of piperidine rings is 1. The molecule has 0 bridgehead atoms. The zero-order valence-corrected chi connectivity index (χ0v) is 17.1. The van der Waals surface area contributed by atoms with Crippen molar-refractivity contribution in [2.75, 3.05) is 38.0 Å². The zero-order valence-electron chi connectivity index (χ0n) is 17.1. The largest absolute Gasteiger partial charge is 0.468 e. The molecule has 2 amide bonds. The van der Waals surface area contributed by atoms with E-state index in [9.17, 15) is 4.79 Å². The van der Waals surface area contributed by atoms with Crippen LogP contribution in [0.3, 0.4) is 0 Å². The molecule has 0 spiro atoms. The van der Waals surface area contributed by atoms with Crippen molar-refractivity contribution < 1.29 is 9.21 Å². The highest BCUT2D eigenvalue weighted by Gasteiger charge is 2.24. The summed E-state index contributed by atoms with van der Waals surface area (Å²) in [4.78, 5) is 19.2. The van der Waals surface area contributed by atoms with E-state index in [0.717, 1.165) is 35.6 Å². The number of amides is 2. The summed E-state index contributed by atoms with van der Waals surface area (Å²) in [5.41, 5.74) is 0.954. The Balaban J connectivity index is 1.21. The van der Waals surface area contributed by atoms with E-state index in [-0.39, 0.29) is 12.1 Å². The first kappa shape index (κ1) is 20.2. The normalized spacial score (nSPS) is 15.6. The summed E-state index contributed by atoms with van der Waals surface area (Å²) in [6, 6.07) is 15.8. The van der Waals surface area contributed by atoms with Gasteiger partial charge in [-0.05, 0) is 56.3 Å². The molecule has 3 N–H and O–H groups in total. The molecule has 2 aromatic heterocycles. The molecule has 7 nitrogen and oxygen atoms in total. The minimum absolute atomic E-state index is 0.0750. The fraction of sp³-hybridized carbons (Fsp3) is 0.391. The maximum absolute atomic E-state index is 12.3. The van der Waals surface area contributed by atoms with Gasteiger partial charge < -0.3 is 20.4 Å². The highest BCUT2D eigenvalue weighted by Crippen LogP contribution is 2.24. The van der Waals surface area contributed by atoms with E-state index >= 15 is 0 Å². The van der Waals surface area contributed by atoms with Crippen LogP contribution < -0.4 is 16.0 Å². The van der Waals surface area contributed by atoms with Gasteiger partial charge in [-0.25, -0.2) is 9.78 Å². The van der Waals surface area contributed by atoms with E-state index in [2.05, 4.69) is 25.8 Å². The molecular formula is C23H29N5O2. The number of rotatable bonds is 8. The Morgan fingerprint density at radius 3 is 2.70 bits per heavy atom. The molecule has 30 heavy (non-hydrogen) atoms. The van der Waals surface area contributed by atoms with Crippen LogP contribution in [0, 0.1) is 0 Å². The second-order valence-corrected chi connectivity index (χ2v) is 7.58. The number of benzene rings is 1. The summed E-state index contributed by atoms with van der Waals surface area (Å²) in [5, 5.41) is 10.3. The summed E-state index contributed by atoms with van der Waals surface area (Å²) < 4.78 is 5.63. The van der Waals surface area contributed by atoms with Crippen molar-refractivity contribution >= 4 is 22.8 Å². The molecular weight excluding hydrogens is 378 g/mol.